The van der Waals surface area contributed by atoms with Gasteiger partial charge in [0.15, 0.2) is 0 Å². The van der Waals surface area contributed by atoms with Crippen LogP contribution in [0.3, 0.4) is 0 Å². The van der Waals surface area contributed by atoms with Crippen molar-refractivity contribution in [2.75, 3.05) is 6.61 Å². The fourth-order valence-corrected chi connectivity index (χ4v) is 6.64. The van der Waals surface area contributed by atoms with E-state index >= 15 is 0 Å². The predicted octanol–water partition coefficient (Wildman–Crippen LogP) is 3.69. The van der Waals surface area contributed by atoms with Crippen molar-refractivity contribution in [3.05, 3.63) is 24.3 Å². The van der Waals surface area contributed by atoms with E-state index in [2.05, 4.69) is 25.2 Å². The van der Waals surface area contributed by atoms with Crippen LogP contribution in [0.5, 0.6) is 0 Å². The minimum atomic E-state index is -5.13. The Bertz CT molecular complexity index is 953. The number of unbranched alkanes of at least 4 members (excludes halogenated alkanes) is 13. The van der Waals surface area contributed by atoms with Crippen molar-refractivity contribution in [3.63, 3.8) is 0 Å². The Morgan fingerprint density at radius 2 is 1.20 bits per heavy atom. The summed E-state index contributed by atoms with van der Waals surface area (Å²) in [6, 6.07) is -1.25. The van der Waals surface area contributed by atoms with Crippen molar-refractivity contribution < 1.29 is 59.0 Å². The van der Waals surface area contributed by atoms with Gasteiger partial charge in [-0.15, -0.1) is 0 Å². The lowest BCUT2D eigenvalue weighted by atomic mass is 9.85. The van der Waals surface area contributed by atoms with Crippen LogP contribution in [0.4, 0.5) is 0 Å². The molecule has 0 aliphatic heterocycles. The number of amides is 1. The van der Waals surface area contributed by atoms with Crippen LogP contribution in [0, 0.1) is 0 Å². The van der Waals surface area contributed by atoms with Crippen LogP contribution in [0.15, 0.2) is 24.3 Å². The maximum absolute atomic E-state index is 12.8. The Balaban J connectivity index is 2.64. The monoisotopic (exact) mass is 723 g/mol. The zero-order chi connectivity index (χ0) is 36.7. The van der Waals surface area contributed by atoms with E-state index in [-0.39, 0.29) is 6.42 Å². The highest BCUT2D eigenvalue weighted by Gasteiger charge is 2.51. The number of rotatable bonds is 28. The van der Waals surface area contributed by atoms with Gasteiger partial charge < -0.3 is 46.0 Å². The molecule has 9 N–H and O–H groups in total. The van der Waals surface area contributed by atoms with Gasteiger partial charge in [-0.2, -0.15) is 0 Å². The number of hydrogen-bond donors (Lipinski definition) is 9. The van der Waals surface area contributed by atoms with E-state index in [1.54, 1.807) is 6.08 Å². The van der Waals surface area contributed by atoms with Crippen LogP contribution in [-0.4, -0.2) is 108 Å². The molecular weight excluding hydrogens is 657 g/mol. The highest BCUT2D eigenvalue weighted by molar-refractivity contribution is 7.47. The second-order valence-electron chi connectivity index (χ2n) is 13.3. The van der Waals surface area contributed by atoms with Gasteiger partial charge in [0.05, 0.1) is 31.3 Å². The van der Waals surface area contributed by atoms with Crippen LogP contribution in [0.1, 0.15) is 129 Å². The quantitative estimate of drug-likeness (QED) is 0.0320. The molecule has 13 nitrogen and oxygen atoms in total. The van der Waals surface area contributed by atoms with Crippen LogP contribution in [0.25, 0.3) is 0 Å². The van der Waals surface area contributed by atoms with Gasteiger partial charge in [0, 0.05) is 0 Å². The summed E-state index contributed by atoms with van der Waals surface area (Å²) in [6.07, 6.45) is 10.6. The molecule has 0 aromatic carbocycles. The number of aliphatic hydroxyl groups excluding tert-OH is 7. The van der Waals surface area contributed by atoms with Gasteiger partial charge in [-0.05, 0) is 25.7 Å². The molecule has 14 heteroatoms. The molecule has 1 saturated carbocycles. The largest absolute Gasteiger partial charge is 0.472 e. The van der Waals surface area contributed by atoms with Gasteiger partial charge in [0.1, 0.15) is 36.6 Å². The van der Waals surface area contributed by atoms with Crippen LogP contribution >= 0.6 is 7.82 Å². The molecule has 0 spiro atoms. The molecule has 1 aliphatic rings. The molecule has 8 unspecified atom stereocenters. The SMILES string of the molecule is CCC/C=C/CC/C=C/C(O)C(COP(=O)(O)OC1C(O)C(O)C(O)C(O)C1O)NC(=O)CC(O)CCCCCCCCCCCCCC. The molecule has 0 bridgehead atoms. The number of allylic oxidation sites excluding steroid dienone is 3. The first-order valence-corrected chi connectivity index (χ1v) is 19.9. The molecule has 288 valence electrons. The molecule has 1 aliphatic carbocycles. The van der Waals surface area contributed by atoms with Crippen molar-refractivity contribution >= 4 is 13.7 Å². The minimum Gasteiger partial charge on any atom is -0.393 e. The number of aliphatic hydroxyl groups is 7. The Labute approximate surface area is 293 Å². The maximum atomic E-state index is 12.8. The highest BCUT2D eigenvalue weighted by Crippen LogP contribution is 2.47. The number of hydrogen-bond acceptors (Lipinski definition) is 11. The molecule has 8 atom stereocenters. The smallest absolute Gasteiger partial charge is 0.393 e. The van der Waals surface area contributed by atoms with Gasteiger partial charge in [0.2, 0.25) is 5.91 Å². The van der Waals surface area contributed by atoms with Gasteiger partial charge in [-0.1, -0.05) is 122 Å². The molecule has 0 aromatic rings. The summed E-state index contributed by atoms with van der Waals surface area (Å²) in [6.45, 7) is 3.54. The van der Waals surface area contributed by atoms with Crippen LogP contribution < -0.4 is 5.32 Å². The first kappa shape index (κ1) is 45.8. The van der Waals surface area contributed by atoms with Gasteiger partial charge in [-0.25, -0.2) is 4.57 Å². The lowest BCUT2D eigenvalue weighted by Crippen LogP contribution is -2.64. The third-order valence-electron chi connectivity index (χ3n) is 8.77. The van der Waals surface area contributed by atoms with Crippen molar-refractivity contribution in [1.29, 1.82) is 0 Å². The van der Waals surface area contributed by atoms with E-state index < -0.39 is 75.2 Å². The third kappa shape index (κ3) is 19.8. The van der Waals surface area contributed by atoms with E-state index in [0.29, 0.717) is 12.8 Å². The number of carbonyl (C=O) groups is 1. The molecule has 1 rings (SSSR count). The third-order valence-corrected chi connectivity index (χ3v) is 9.76. The molecule has 0 radical (unpaired) electrons. The molecule has 49 heavy (non-hydrogen) atoms. The average molecular weight is 724 g/mol. The lowest BCUT2D eigenvalue weighted by molar-refractivity contribution is -0.220. The Morgan fingerprint density at radius 3 is 1.76 bits per heavy atom. The summed E-state index contributed by atoms with van der Waals surface area (Å²) in [7, 11) is -5.13. The Morgan fingerprint density at radius 1 is 0.714 bits per heavy atom. The first-order valence-electron chi connectivity index (χ1n) is 18.4. The zero-order valence-electron chi connectivity index (χ0n) is 29.6. The van der Waals surface area contributed by atoms with E-state index in [0.717, 1.165) is 44.9 Å². The molecule has 0 saturated heterocycles. The van der Waals surface area contributed by atoms with Crippen molar-refractivity contribution in [2.24, 2.45) is 0 Å². The van der Waals surface area contributed by atoms with Crippen LogP contribution in [0.2, 0.25) is 0 Å². The summed E-state index contributed by atoms with van der Waals surface area (Å²) in [5.41, 5.74) is 0. The molecule has 1 fully saturated rings. The summed E-state index contributed by atoms with van der Waals surface area (Å²) in [4.78, 5) is 23.1. The molecule has 0 aromatic heterocycles. The molecule has 1 amide bonds. The lowest BCUT2D eigenvalue weighted by Gasteiger charge is -2.41. The second kappa shape index (κ2) is 26.5. The van der Waals surface area contributed by atoms with E-state index in [1.165, 1.54) is 57.4 Å². The van der Waals surface area contributed by atoms with E-state index in [1.807, 2.05) is 6.08 Å². The van der Waals surface area contributed by atoms with Crippen molar-refractivity contribution in [3.8, 4) is 0 Å². The number of phosphoric acid groups is 1. The van der Waals surface area contributed by atoms with Crippen molar-refractivity contribution in [2.45, 2.75) is 184 Å². The fourth-order valence-electron chi connectivity index (χ4n) is 5.67. The predicted molar refractivity (Wildman–Crippen MR) is 187 cm³/mol. The van der Waals surface area contributed by atoms with Crippen LogP contribution in [-0.2, 0) is 18.4 Å². The highest BCUT2D eigenvalue weighted by atomic mass is 31.2. The standard InChI is InChI=1S/C35H66NO12P/c1-3-5-7-9-11-12-13-14-15-17-18-20-22-26(37)24-29(39)36-27(28(38)23-21-19-16-10-8-6-4-2)25-47-49(45,46)48-35-33(43)31(41)30(40)32(42)34(35)44/h8,10,21,23,26-28,30-35,37-38,40-44H,3-7,9,11-20,22,24-25H2,1-2H3,(H,36,39)(H,45,46)/b10-8+,23-21+. The fraction of sp³-hybridized carbons (Fsp3) is 0.857. The summed E-state index contributed by atoms with van der Waals surface area (Å²) >= 11 is 0. The van der Waals surface area contributed by atoms with E-state index in [9.17, 15) is 50.0 Å². The summed E-state index contributed by atoms with van der Waals surface area (Å²) < 4.78 is 22.6. The van der Waals surface area contributed by atoms with Gasteiger partial charge >= 0.3 is 7.82 Å². The Kier molecular flexibility index (Phi) is 24.8. The zero-order valence-corrected chi connectivity index (χ0v) is 30.5. The molecular formula is C35H66NO12P. The van der Waals surface area contributed by atoms with E-state index in [4.69, 9.17) is 9.05 Å². The normalized spacial score (nSPS) is 26.2. The topological polar surface area (TPSA) is 226 Å². The number of nitrogens with one attached hydrogen (secondary N) is 1. The number of carbonyl (C=O) groups excluding carboxylic acids is 1. The summed E-state index contributed by atoms with van der Waals surface area (Å²) in [5.74, 6) is -0.609. The average Bonchev–Trinajstić information content (AvgIpc) is 3.06. The first-order chi connectivity index (χ1) is 23.3. The molecule has 0 heterocycles. The summed E-state index contributed by atoms with van der Waals surface area (Å²) in [5, 5.41) is 73.6. The number of phosphoric ester groups is 1. The Hall–Kier alpha value is -1.22. The van der Waals surface area contributed by atoms with Gasteiger partial charge in [0.25, 0.3) is 0 Å². The maximum Gasteiger partial charge on any atom is 0.472 e. The van der Waals surface area contributed by atoms with Crippen molar-refractivity contribution in [1.82, 2.24) is 5.32 Å². The van der Waals surface area contributed by atoms with Gasteiger partial charge in [-0.3, -0.25) is 13.8 Å². The minimum absolute atomic E-state index is 0.251. The second-order valence-corrected chi connectivity index (χ2v) is 14.7.